The van der Waals surface area contributed by atoms with Crippen LogP contribution in [0.15, 0.2) is 35.3 Å². The van der Waals surface area contributed by atoms with Crippen molar-refractivity contribution in [3.8, 4) is 0 Å². The minimum absolute atomic E-state index is 0.0169. The largest absolute Gasteiger partial charge is 0.368 e. The van der Waals surface area contributed by atoms with Crippen molar-refractivity contribution in [3.05, 3.63) is 40.8 Å². The third kappa shape index (κ3) is 2.01. The predicted molar refractivity (Wildman–Crippen MR) is 71.3 cm³/mol. The van der Waals surface area contributed by atoms with E-state index in [0.29, 0.717) is 5.65 Å². The second-order valence-corrected chi connectivity index (χ2v) is 4.78. The van der Waals surface area contributed by atoms with Crippen molar-refractivity contribution in [3.63, 3.8) is 0 Å². The average molecular weight is 276 g/mol. The van der Waals surface area contributed by atoms with Gasteiger partial charge in [0.05, 0.1) is 6.54 Å². The van der Waals surface area contributed by atoms with E-state index in [4.69, 9.17) is 5.73 Å². The van der Waals surface area contributed by atoms with E-state index in [9.17, 15) is 14.0 Å². The van der Waals surface area contributed by atoms with Gasteiger partial charge in [-0.1, -0.05) is 6.07 Å². The van der Waals surface area contributed by atoms with Gasteiger partial charge in [0.25, 0.3) is 5.56 Å². The summed E-state index contributed by atoms with van der Waals surface area (Å²) in [6.07, 6.45) is 0.483. The lowest BCUT2D eigenvalue weighted by Crippen LogP contribution is -2.41. The van der Waals surface area contributed by atoms with Gasteiger partial charge < -0.3 is 10.6 Å². The van der Waals surface area contributed by atoms with Crippen LogP contribution in [0.4, 0.5) is 10.2 Å². The summed E-state index contributed by atoms with van der Waals surface area (Å²) >= 11 is 0. The van der Waals surface area contributed by atoms with Crippen LogP contribution in [0.2, 0.25) is 0 Å². The van der Waals surface area contributed by atoms with E-state index >= 15 is 0 Å². The fourth-order valence-corrected chi connectivity index (χ4v) is 2.50. The van der Waals surface area contributed by atoms with Crippen molar-refractivity contribution < 1.29 is 9.18 Å². The summed E-state index contributed by atoms with van der Waals surface area (Å²) in [5.41, 5.74) is 5.44. The number of carbonyl (C=O) groups is 1. The van der Waals surface area contributed by atoms with Gasteiger partial charge in [0, 0.05) is 18.7 Å². The summed E-state index contributed by atoms with van der Waals surface area (Å²) in [5.74, 6) is -0.328. The van der Waals surface area contributed by atoms with Crippen LogP contribution in [0.3, 0.4) is 0 Å². The van der Waals surface area contributed by atoms with Crippen LogP contribution in [0.5, 0.6) is 0 Å². The van der Waals surface area contributed by atoms with E-state index in [2.05, 4.69) is 4.98 Å². The lowest BCUT2D eigenvalue weighted by atomic mass is 10.2. The molecular weight excluding hydrogens is 263 g/mol. The first-order valence-corrected chi connectivity index (χ1v) is 6.25. The molecule has 2 aromatic heterocycles. The molecule has 0 aromatic carbocycles. The normalized spacial score (nSPS) is 22.4. The first-order valence-electron chi connectivity index (χ1n) is 6.25. The molecule has 3 rings (SSSR count). The van der Waals surface area contributed by atoms with E-state index in [1.54, 1.807) is 24.4 Å². The zero-order chi connectivity index (χ0) is 14.3. The molecular formula is C13H13FN4O2. The molecule has 0 radical (unpaired) electrons. The van der Waals surface area contributed by atoms with Crippen molar-refractivity contribution in [1.29, 1.82) is 0 Å². The molecule has 0 bridgehead atoms. The number of nitrogens with zero attached hydrogens (tertiary/aromatic N) is 3. The van der Waals surface area contributed by atoms with Gasteiger partial charge in [-0.15, -0.1) is 0 Å². The lowest BCUT2D eigenvalue weighted by Gasteiger charge is -2.22. The quantitative estimate of drug-likeness (QED) is 0.843. The number of hydrogen-bond acceptors (Lipinski definition) is 4. The summed E-state index contributed by atoms with van der Waals surface area (Å²) in [6, 6.07) is 5.67. The van der Waals surface area contributed by atoms with Crippen LogP contribution in [-0.2, 0) is 4.79 Å². The zero-order valence-electron chi connectivity index (χ0n) is 10.6. The maximum atomic E-state index is 13.5. The Kier molecular flexibility index (Phi) is 2.89. The Labute approximate surface area is 113 Å². The lowest BCUT2D eigenvalue weighted by molar-refractivity contribution is -0.119. The molecule has 0 unspecified atom stereocenters. The summed E-state index contributed by atoms with van der Waals surface area (Å²) in [4.78, 5) is 29.1. The van der Waals surface area contributed by atoms with E-state index in [0.717, 1.165) is 0 Å². The molecule has 2 atom stereocenters. The number of carbonyl (C=O) groups excluding carboxylic acids is 1. The van der Waals surface area contributed by atoms with Crippen molar-refractivity contribution in [2.24, 2.45) is 5.73 Å². The van der Waals surface area contributed by atoms with Gasteiger partial charge in [0.1, 0.15) is 23.7 Å². The molecule has 7 heteroatoms. The molecule has 2 aromatic rings. The van der Waals surface area contributed by atoms with Gasteiger partial charge in [-0.3, -0.25) is 14.0 Å². The second kappa shape index (κ2) is 4.59. The first kappa shape index (κ1) is 12.6. The number of halogens is 1. The van der Waals surface area contributed by atoms with Gasteiger partial charge >= 0.3 is 0 Å². The third-order valence-electron chi connectivity index (χ3n) is 3.43. The summed E-state index contributed by atoms with van der Waals surface area (Å²) in [5, 5.41) is 0. The van der Waals surface area contributed by atoms with Crippen molar-refractivity contribution in [1.82, 2.24) is 9.38 Å². The number of nitrogens with two attached hydrogens (primary N) is 1. The smallest absolute Gasteiger partial charge is 0.259 e. The number of alkyl halides is 1. The standard InChI is InChI=1S/C13H13FN4O2/c14-8-5-9(13(15)20)18(7-8)11-6-12(19)17-4-2-1-3-10(17)16-11/h1-4,6,8-9H,5,7H2,(H2,15,20)/t8-,9+/m1/s1. The Balaban J connectivity index is 2.10. The van der Waals surface area contributed by atoms with Crippen molar-refractivity contribution >= 4 is 17.4 Å². The number of aromatic nitrogens is 2. The Bertz CT molecular complexity index is 730. The van der Waals surface area contributed by atoms with Gasteiger partial charge in [-0.05, 0) is 12.1 Å². The summed E-state index contributed by atoms with van der Waals surface area (Å²) < 4.78 is 14.9. The molecule has 1 amide bonds. The fraction of sp³-hybridized carbons (Fsp3) is 0.308. The predicted octanol–water partition coefficient (Wildman–Crippen LogP) is 0.0966. The number of hydrogen-bond donors (Lipinski definition) is 1. The number of primary amides is 1. The maximum Gasteiger partial charge on any atom is 0.259 e. The molecule has 1 aliphatic heterocycles. The molecule has 1 fully saturated rings. The van der Waals surface area contributed by atoms with Crippen LogP contribution < -0.4 is 16.2 Å². The highest BCUT2D eigenvalue weighted by Crippen LogP contribution is 2.25. The minimum Gasteiger partial charge on any atom is -0.368 e. The van der Waals surface area contributed by atoms with E-state index in [-0.39, 0.29) is 24.3 Å². The van der Waals surface area contributed by atoms with Crippen LogP contribution in [-0.4, -0.2) is 34.1 Å². The molecule has 1 aliphatic rings. The van der Waals surface area contributed by atoms with E-state index in [1.165, 1.54) is 15.4 Å². The highest BCUT2D eigenvalue weighted by Gasteiger charge is 2.36. The number of rotatable bonds is 2. The Morgan fingerprint density at radius 3 is 3.00 bits per heavy atom. The Hall–Kier alpha value is -2.44. The number of amides is 1. The first-order chi connectivity index (χ1) is 9.56. The SMILES string of the molecule is NC(=O)[C@@H]1C[C@@H](F)CN1c1cc(=O)n2ccccc2n1. The van der Waals surface area contributed by atoms with Gasteiger partial charge in [-0.25, -0.2) is 9.37 Å². The minimum atomic E-state index is -1.15. The van der Waals surface area contributed by atoms with Gasteiger partial charge in [-0.2, -0.15) is 0 Å². The van der Waals surface area contributed by atoms with Gasteiger partial charge in [0.15, 0.2) is 0 Å². The molecule has 104 valence electrons. The molecule has 20 heavy (non-hydrogen) atoms. The van der Waals surface area contributed by atoms with Gasteiger partial charge in [0.2, 0.25) is 5.91 Å². The van der Waals surface area contributed by atoms with Crippen molar-refractivity contribution in [2.75, 3.05) is 11.4 Å². The number of anilines is 1. The molecule has 0 spiro atoms. The molecule has 0 saturated carbocycles. The van der Waals surface area contributed by atoms with Crippen LogP contribution in [0.25, 0.3) is 5.65 Å². The third-order valence-corrected chi connectivity index (χ3v) is 3.43. The van der Waals surface area contributed by atoms with E-state index in [1.807, 2.05) is 0 Å². The van der Waals surface area contributed by atoms with E-state index < -0.39 is 18.1 Å². The highest BCUT2D eigenvalue weighted by molar-refractivity contribution is 5.84. The molecule has 1 saturated heterocycles. The zero-order valence-corrected chi connectivity index (χ0v) is 10.6. The Morgan fingerprint density at radius 1 is 1.45 bits per heavy atom. The monoisotopic (exact) mass is 276 g/mol. The molecule has 0 aliphatic carbocycles. The average Bonchev–Trinajstić information content (AvgIpc) is 2.81. The fourth-order valence-electron chi connectivity index (χ4n) is 2.50. The van der Waals surface area contributed by atoms with Crippen LogP contribution >= 0.6 is 0 Å². The number of fused-ring (bicyclic) bond motifs is 1. The Morgan fingerprint density at radius 2 is 2.25 bits per heavy atom. The van der Waals surface area contributed by atoms with Crippen molar-refractivity contribution in [2.45, 2.75) is 18.6 Å². The number of pyridine rings is 1. The molecule has 2 N–H and O–H groups in total. The summed E-state index contributed by atoms with van der Waals surface area (Å²) in [7, 11) is 0. The van der Waals surface area contributed by atoms with Crippen LogP contribution in [0.1, 0.15) is 6.42 Å². The van der Waals surface area contributed by atoms with Crippen LogP contribution in [0, 0.1) is 0 Å². The maximum absolute atomic E-state index is 13.5. The molecule has 6 nitrogen and oxygen atoms in total. The topological polar surface area (TPSA) is 80.7 Å². The highest BCUT2D eigenvalue weighted by atomic mass is 19.1. The second-order valence-electron chi connectivity index (χ2n) is 4.78. The summed E-state index contributed by atoms with van der Waals surface area (Å²) in [6.45, 7) is 0.0169. The molecule has 3 heterocycles.